The Balaban J connectivity index is 1.41. The molecule has 1 fully saturated rings. The molecule has 6 nitrogen and oxygen atoms in total. The Kier molecular flexibility index (Phi) is 9.00. The van der Waals surface area contributed by atoms with Gasteiger partial charge in [-0.15, -0.1) is 0 Å². The van der Waals surface area contributed by atoms with Crippen LogP contribution in [-0.4, -0.2) is 46.0 Å². The molecule has 0 amide bonds. The van der Waals surface area contributed by atoms with Crippen LogP contribution in [0.1, 0.15) is 23.1 Å². The number of hydrogen-bond donors (Lipinski definition) is 2. The predicted octanol–water partition coefficient (Wildman–Crippen LogP) is 3.29. The third kappa shape index (κ3) is 7.35. The molecule has 2 aromatic rings. The van der Waals surface area contributed by atoms with Crippen LogP contribution >= 0.6 is 0 Å². The molecule has 6 heteroatoms. The Morgan fingerprint density at radius 2 is 2.03 bits per heavy atom. The first-order valence-corrected chi connectivity index (χ1v) is 10.6. The monoisotopic (exact) mass is 411 g/mol. The SMILES string of the molecule is CN=C(NCCOCc1ccccc1)NCc1ccc(C)cc1OCC1CCOC1. The number of hydrogen-bond acceptors (Lipinski definition) is 4. The number of ether oxygens (including phenoxy) is 3. The van der Waals surface area contributed by atoms with Crippen LogP contribution in [0.4, 0.5) is 0 Å². The van der Waals surface area contributed by atoms with Crippen molar-refractivity contribution in [3.8, 4) is 5.75 Å². The second-order valence-electron chi connectivity index (χ2n) is 7.54. The van der Waals surface area contributed by atoms with Gasteiger partial charge < -0.3 is 24.8 Å². The summed E-state index contributed by atoms with van der Waals surface area (Å²) in [6, 6.07) is 16.5. The van der Waals surface area contributed by atoms with E-state index in [9.17, 15) is 0 Å². The van der Waals surface area contributed by atoms with Gasteiger partial charge in [-0.25, -0.2) is 0 Å². The molecule has 1 atom stereocenters. The van der Waals surface area contributed by atoms with Gasteiger partial charge in [0, 0.05) is 38.2 Å². The number of nitrogens with one attached hydrogen (secondary N) is 2. The Bertz CT molecular complexity index is 790. The maximum absolute atomic E-state index is 6.12. The summed E-state index contributed by atoms with van der Waals surface area (Å²) >= 11 is 0. The summed E-state index contributed by atoms with van der Waals surface area (Å²) < 4.78 is 17.3. The minimum atomic E-state index is 0.483. The Hall–Kier alpha value is -2.57. The average molecular weight is 412 g/mol. The largest absolute Gasteiger partial charge is 0.493 e. The predicted molar refractivity (Wildman–Crippen MR) is 120 cm³/mol. The highest BCUT2D eigenvalue weighted by Gasteiger charge is 2.17. The first-order valence-electron chi connectivity index (χ1n) is 10.6. The highest BCUT2D eigenvalue weighted by molar-refractivity contribution is 5.79. The molecule has 2 N–H and O–H groups in total. The number of aryl methyl sites for hydroxylation is 1. The lowest BCUT2D eigenvalue weighted by Crippen LogP contribution is -2.38. The maximum atomic E-state index is 6.12. The number of benzene rings is 2. The fourth-order valence-electron chi connectivity index (χ4n) is 3.27. The smallest absolute Gasteiger partial charge is 0.191 e. The van der Waals surface area contributed by atoms with E-state index in [4.69, 9.17) is 14.2 Å². The highest BCUT2D eigenvalue weighted by atomic mass is 16.5. The van der Waals surface area contributed by atoms with Crippen molar-refractivity contribution in [2.45, 2.75) is 26.5 Å². The van der Waals surface area contributed by atoms with Crippen LogP contribution in [-0.2, 0) is 22.6 Å². The zero-order chi connectivity index (χ0) is 21.0. The Morgan fingerprint density at radius 3 is 2.80 bits per heavy atom. The fraction of sp³-hybridized carbons (Fsp3) is 0.458. The van der Waals surface area contributed by atoms with E-state index in [0.29, 0.717) is 38.8 Å². The lowest BCUT2D eigenvalue weighted by atomic mass is 10.1. The van der Waals surface area contributed by atoms with Gasteiger partial charge in [-0.2, -0.15) is 0 Å². The van der Waals surface area contributed by atoms with E-state index < -0.39 is 0 Å². The standard InChI is InChI=1S/C24H33N3O3/c1-19-8-9-22(23(14-19)30-18-21-10-12-28-17-21)15-27-24(25-2)26-11-13-29-16-20-6-4-3-5-7-20/h3-9,14,21H,10-13,15-18H2,1-2H3,(H2,25,26,27). The summed E-state index contributed by atoms with van der Waals surface area (Å²) in [5.74, 6) is 2.15. The van der Waals surface area contributed by atoms with E-state index in [2.05, 4.69) is 52.9 Å². The lowest BCUT2D eigenvalue weighted by Gasteiger charge is -2.17. The summed E-state index contributed by atoms with van der Waals surface area (Å²) in [7, 11) is 1.77. The van der Waals surface area contributed by atoms with Gasteiger partial charge in [0.05, 0.1) is 26.4 Å². The molecule has 0 saturated carbocycles. The second kappa shape index (κ2) is 12.2. The van der Waals surface area contributed by atoms with Crippen LogP contribution in [0.5, 0.6) is 5.75 Å². The van der Waals surface area contributed by atoms with Crippen LogP contribution in [0.15, 0.2) is 53.5 Å². The van der Waals surface area contributed by atoms with Crippen LogP contribution in [0.3, 0.4) is 0 Å². The second-order valence-corrected chi connectivity index (χ2v) is 7.54. The van der Waals surface area contributed by atoms with Gasteiger partial charge in [0.15, 0.2) is 5.96 Å². The Morgan fingerprint density at radius 1 is 1.17 bits per heavy atom. The normalized spacial score (nSPS) is 16.5. The number of aliphatic imine (C=N–C) groups is 1. The van der Waals surface area contributed by atoms with Crippen LogP contribution in [0, 0.1) is 12.8 Å². The minimum absolute atomic E-state index is 0.483. The molecule has 30 heavy (non-hydrogen) atoms. The molecule has 1 heterocycles. The minimum Gasteiger partial charge on any atom is -0.493 e. The van der Waals surface area contributed by atoms with E-state index in [1.54, 1.807) is 7.05 Å². The summed E-state index contributed by atoms with van der Waals surface area (Å²) in [4.78, 5) is 4.30. The van der Waals surface area contributed by atoms with Crippen molar-refractivity contribution in [2.75, 3.05) is 40.0 Å². The molecule has 0 radical (unpaired) electrons. The van der Waals surface area contributed by atoms with Crippen molar-refractivity contribution < 1.29 is 14.2 Å². The topological polar surface area (TPSA) is 64.1 Å². The van der Waals surface area contributed by atoms with E-state index in [1.807, 2.05) is 18.2 Å². The highest BCUT2D eigenvalue weighted by Crippen LogP contribution is 2.22. The van der Waals surface area contributed by atoms with E-state index in [0.717, 1.165) is 36.9 Å². The maximum Gasteiger partial charge on any atom is 0.191 e. The molecule has 162 valence electrons. The molecule has 2 aromatic carbocycles. The lowest BCUT2D eigenvalue weighted by molar-refractivity contribution is 0.125. The van der Waals surface area contributed by atoms with E-state index in [-0.39, 0.29) is 0 Å². The first-order chi connectivity index (χ1) is 14.7. The molecule has 1 aliphatic heterocycles. The van der Waals surface area contributed by atoms with Crippen molar-refractivity contribution >= 4 is 5.96 Å². The molecule has 1 aliphatic rings. The first kappa shape index (κ1) is 22.1. The van der Waals surface area contributed by atoms with Gasteiger partial charge in [-0.1, -0.05) is 42.5 Å². The summed E-state index contributed by atoms with van der Waals surface area (Å²) in [5, 5.41) is 6.65. The summed E-state index contributed by atoms with van der Waals surface area (Å²) in [6.45, 7) is 6.96. The van der Waals surface area contributed by atoms with Crippen molar-refractivity contribution in [1.82, 2.24) is 10.6 Å². The van der Waals surface area contributed by atoms with Crippen molar-refractivity contribution in [2.24, 2.45) is 10.9 Å². The molecule has 0 aromatic heterocycles. The Labute approximate surface area is 179 Å². The molecular formula is C24H33N3O3. The van der Waals surface area contributed by atoms with Crippen LogP contribution in [0.25, 0.3) is 0 Å². The average Bonchev–Trinajstić information content (AvgIpc) is 3.29. The molecule has 3 rings (SSSR count). The van der Waals surface area contributed by atoms with Crippen molar-refractivity contribution in [1.29, 1.82) is 0 Å². The number of rotatable bonds is 10. The van der Waals surface area contributed by atoms with Crippen molar-refractivity contribution in [3.63, 3.8) is 0 Å². The molecule has 0 spiro atoms. The number of guanidine groups is 1. The van der Waals surface area contributed by atoms with Gasteiger partial charge in [0.1, 0.15) is 5.75 Å². The third-order valence-corrected chi connectivity index (χ3v) is 5.04. The van der Waals surface area contributed by atoms with Gasteiger partial charge in [-0.05, 0) is 30.5 Å². The molecule has 1 unspecified atom stereocenters. The van der Waals surface area contributed by atoms with Crippen LogP contribution < -0.4 is 15.4 Å². The molecular weight excluding hydrogens is 378 g/mol. The van der Waals surface area contributed by atoms with Gasteiger partial charge in [0.25, 0.3) is 0 Å². The summed E-state index contributed by atoms with van der Waals surface area (Å²) in [5.41, 5.74) is 3.48. The quantitative estimate of drug-likeness (QED) is 0.357. The van der Waals surface area contributed by atoms with Gasteiger partial charge in [-0.3, -0.25) is 4.99 Å². The molecule has 0 aliphatic carbocycles. The molecule has 1 saturated heterocycles. The zero-order valence-corrected chi connectivity index (χ0v) is 18.0. The number of nitrogens with zero attached hydrogens (tertiary/aromatic N) is 1. The zero-order valence-electron chi connectivity index (χ0n) is 18.0. The van der Waals surface area contributed by atoms with E-state index >= 15 is 0 Å². The van der Waals surface area contributed by atoms with E-state index in [1.165, 1.54) is 11.1 Å². The van der Waals surface area contributed by atoms with Gasteiger partial charge >= 0.3 is 0 Å². The fourth-order valence-corrected chi connectivity index (χ4v) is 3.27. The third-order valence-electron chi connectivity index (χ3n) is 5.04. The summed E-state index contributed by atoms with van der Waals surface area (Å²) in [6.07, 6.45) is 1.07. The van der Waals surface area contributed by atoms with Crippen LogP contribution in [0.2, 0.25) is 0 Å². The van der Waals surface area contributed by atoms with Gasteiger partial charge in [0.2, 0.25) is 0 Å². The van der Waals surface area contributed by atoms with Crippen molar-refractivity contribution in [3.05, 3.63) is 65.2 Å². The molecule has 0 bridgehead atoms.